The summed E-state index contributed by atoms with van der Waals surface area (Å²) in [6.45, 7) is 1.90. The van der Waals surface area contributed by atoms with Crippen molar-refractivity contribution in [2.24, 2.45) is 0 Å². The van der Waals surface area contributed by atoms with Gasteiger partial charge >= 0.3 is 11.9 Å². The Hall–Kier alpha value is -3.85. The largest absolute Gasteiger partial charge is 0.465 e. The van der Waals surface area contributed by atoms with Gasteiger partial charge in [0.15, 0.2) is 0 Å². The van der Waals surface area contributed by atoms with Crippen molar-refractivity contribution < 1.29 is 27.5 Å². The number of methoxy groups -OCH3 is 2. The van der Waals surface area contributed by atoms with Crippen LogP contribution >= 0.6 is 0 Å². The molecule has 3 rings (SSSR count). The van der Waals surface area contributed by atoms with Crippen LogP contribution in [0.15, 0.2) is 89.1 Å². The minimum absolute atomic E-state index is 0.0231. The van der Waals surface area contributed by atoms with Crippen LogP contribution in [0.5, 0.6) is 0 Å². The Kier molecular flexibility index (Phi) is 6.79. The van der Waals surface area contributed by atoms with E-state index in [9.17, 15) is 18.0 Å². The lowest BCUT2D eigenvalue weighted by Gasteiger charge is -2.23. The summed E-state index contributed by atoms with van der Waals surface area (Å²) >= 11 is 0. The fourth-order valence-electron chi connectivity index (χ4n) is 3.00. The third-order valence-electron chi connectivity index (χ3n) is 4.60. The topological polar surface area (TPSA) is 102 Å². The first-order valence-electron chi connectivity index (χ1n) is 9.51. The molecule has 0 radical (unpaired) electrons. The molecule has 8 nitrogen and oxygen atoms in total. The molecule has 0 unspecified atom stereocenters. The van der Waals surface area contributed by atoms with E-state index >= 15 is 0 Å². The van der Waals surface area contributed by atoms with E-state index in [0.717, 1.165) is 5.56 Å². The maximum Gasteiger partial charge on any atom is 0.355 e. The van der Waals surface area contributed by atoms with Crippen LogP contribution in [-0.2, 0) is 29.1 Å². The summed E-state index contributed by atoms with van der Waals surface area (Å²) in [5, 5.41) is 0. The van der Waals surface area contributed by atoms with Crippen LogP contribution in [0.4, 0.5) is 11.4 Å². The number of hydrogen-bond donors (Lipinski definition) is 1. The molecule has 0 amide bonds. The van der Waals surface area contributed by atoms with Crippen molar-refractivity contribution in [3.8, 4) is 0 Å². The molecular weight excluding hydrogens is 432 g/mol. The minimum atomic E-state index is -3.91. The molecule has 9 heteroatoms. The molecule has 1 aliphatic heterocycles. The quantitative estimate of drug-likeness (QED) is 0.668. The number of nitrogens with zero attached hydrogens (tertiary/aromatic N) is 1. The summed E-state index contributed by atoms with van der Waals surface area (Å²) in [4.78, 5) is 26.2. The van der Waals surface area contributed by atoms with Gasteiger partial charge in [-0.25, -0.2) is 18.0 Å². The number of esters is 2. The number of allylic oxidation sites excluding steroid dienone is 2. The number of carbonyl (C=O) groups is 2. The molecule has 0 atom stereocenters. The number of rotatable bonds is 6. The third-order valence-corrected chi connectivity index (χ3v) is 5.98. The Labute approximate surface area is 186 Å². The first kappa shape index (κ1) is 22.8. The van der Waals surface area contributed by atoms with Crippen LogP contribution in [-0.4, -0.2) is 34.6 Å². The fraction of sp³-hybridized carbons (Fsp3) is 0.130. The van der Waals surface area contributed by atoms with Gasteiger partial charge in [-0.2, -0.15) is 0 Å². The highest BCUT2D eigenvalue weighted by Crippen LogP contribution is 2.28. The van der Waals surface area contributed by atoms with Crippen LogP contribution in [0.1, 0.15) is 5.56 Å². The molecule has 2 aromatic rings. The number of ether oxygens (including phenoxy) is 2. The zero-order valence-electron chi connectivity index (χ0n) is 17.7. The van der Waals surface area contributed by atoms with Gasteiger partial charge in [0.05, 0.1) is 24.7 Å². The average molecular weight is 455 g/mol. The van der Waals surface area contributed by atoms with Crippen molar-refractivity contribution in [1.82, 2.24) is 0 Å². The van der Waals surface area contributed by atoms with E-state index in [0.29, 0.717) is 11.4 Å². The van der Waals surface area contributed by atoms with Crippen LogP contribution in [0.2, 0.25) is 0 Å². The third kappa shape index (κ3) is 4.89. The van der Waals surface area contributed by atoms with Crippen molar-refractivity contribution in [1.29, 1.82) is 0 Å². The molecule has 0 saturated carbocycles. The van der Waals surface area contributed by atoms with Crippen molar-refractivity contribution in [3.63, 3.8) is 0 Å². The Bertz CT molecular complexity index is 1230. The fourth-order valence-corrected chi connectivity index (χ4v) is 4.10. The van der Waals surface area contributed by atoms with Gasteiger partial charge in [0.25, 0.3) is 10.0 Å². The second-order valence-electron chi connectivity index (χ2n) is 6.78. The van der Waals surface area contributed by atoms with Crippen molar-refractivity contribution in [2.75, 3.05) is 23.8 Å². The SMILES string of the molecule is COC(=O)C1=C(C(=O)OC)N(c2cccc(S(=O)(=O)Nc3ccc(C)cc3)c2)C=CC=C1. The molecule has 1 heterocycles. The van der Waals surface area contributed by atoms with E-state index in [1.165, 1.54) is 49.6 Å². The summed E-state index contributed by atoms with van der Waals surface area (Å²) in [6, 6.07) is 12.9. The maximum absolute atomic E-state index is 12.9. The summed E-state index contributed by atoms with van der Waals surface area (Å²) < 4.78 is 38.1. The zero-order chi connectivity index (χ0) is 23.3. The molecule has 166 valence electrons. The van der Waals surface area contributed by atoms with Gasteiger partial charge in [-0.15, -0.1) is 0 Å². The number of aryl methyl sites for hydroxylation is 1. The number of hydrogen-bond acceptors (Lipinski definition) is 7. The van der Waals surface area contributed by atoms with Crippen LogP contribution < -0.4 is 9.62 Å². The van der Waals surface area contributed by atoms with E-state index in [1.54, 1.807) is 42.5 Å². The number of sulfonamides is 1. The molecular formula is C23H22N2O6S. The predicted molar refractivity (Wildman–Crippen MR) is 120 cm³/mol. The predicted octanol–water partition coefficient (Wildman–Crippen LogP) is 3.29. The Morgan fingerprint density at radius 3 is 2.28 bits per heavy atom. The lowest BCUT2D eigenvalue weighted by molar-refractivity contribution is -0.139. The Morgan fingerprint density at radius 1 is 0.938 bits per heavy atom. The molecule has 0 fully saturated rings. The van der Waals surface area contributed by atoms with Gasteiger partial charge in [0.2, 0.25) is 0 Å². The van der Waals surface area contributed by atoms with E-state index in [-0.39, 0.29) is 16.2 Å². The highest BCUT2D eigenvalue weighted by atomic mass is 32.2. The van der Waals surface area contributed by atoms with Crippen LogP contribution in [0.3, 0.4) is 0 Å². The molecule has 0 spiro atoms. The zero-order valence-corrected chi connectivity index (χ0v) is 18.5. The summed E-state index contributed by atoms with van der Waals surface area (Å²) in [6.07, 6.45) is 6.12. The second kappa shape index (κ2) is 9.52. The highest BCUT2D eigenvalue weighted by Gasteiger charge is 2.28. The molecule has 32 heavy (non-hydrogen) atoms. The monoisotopic (exact) mass is 454 g/mol. The van der Waals surface area contributed by atoms with Gasteiger partial charge in [-0.3, -0.25) is 4.72 Å². The highest BCUT2D eigenvalue weighted by molar-refractivity contribution is 7.92. The Morgan fingerprint density at radius 2 is 1.62 bits per heavy atom. The smallest absolute Gasteiger partial charge is 0.355 e. The van der Waals surface area contributed by atoms with Crippen LogP contribution in [0.25, 0.3) is 0 Å². The van der Waals surface area contributed by atoms with Crippen molar-refractivity contribution in [2.45, 2.75) is 11.8 Å². The lowest BCUT2D eigenvalue weighted by atomic mass is 10.1. The van der Waals surface area contributed by atoms with Gasteiger partial charge in [-0.1, -0.05) is 29.8 Å². The molecule has 0 aromatic heterocycles. The molecule has 1 N–H and O–H groups in total. The molecule has 0 aliphatic carbocycles. The first-order chi connectivity index (χ1) is 15.3. The Balaban J connectivity index is 2.05. The molecule has 2 aromatic carbocycles. The number of nitrogens with one attached hydrogen (secondary N) is 1. The molecule has 0 bridgehead atoms. The van der Waals surface area contributed by atoms with Crippen LogP contribution in [0, 0.1) is 6.92 Å². The number of anilines is 2. The van der Waals surface area contributed by atoms with Gasteiger partial charge in [-0.05, 0) is 49.4 Å². The molecule has 1 aliphatic rings. The number of carbonyl (C=O) groups excluding carboxylic acids is 2. The second-order valence-corrected chi connectivity index (χ2v) is 8.47. The van der Waals surface area contributed by atoms with Crippen molar-refractivity contribution in [3.05, 3.63) is 89.8 Å². The van der Waals surface area contributed by atoms with E-state index in [4.69, 9.17) is 9.47 Å². The lowest BCUT2D eigenvalue weighted by Crippen LogP contribution is -2.27. The van der Waals surface area contributed by atoms with E-state index < -0.39 is 22.0 Å². The summed E-state index contributed by atoms with van der Waals surface area (Å²) in [7, 11) is -1.53. The first-order valence-corrected chi connectivity index (χ1v) is 11.0. The van der Waals surface area contributed by atoms with Gasteiger partial charge in [0.1, 0.15) is 5.70 Å². The summed E-state index contributed by atoms with van der Waals surface area (Å²) in [5.74, 6) is -1.52. The molecule has 0 saturated heterocycles. The van der Waals surface area contributed by atoms with Crippen molar-refractivity contribution >= 4 is 33.3 Å². The van der Waals surface area contributed by atoms with Gasteiger partial charge in [0, 0.05) is 17.6 Å². The normalized spacial score (nSPS) is 13.5. The maximum atomic E-state index is 12.9. The van der Waals surface area contributed by atoms with E-state index in [2.05, 4.69) is 4.72 Å². The van der Waals surface area contributed by atoms with E-state index in [1.807, 2.05) is 6.92 Å². The standard InChI is InChI=1S/C23H22N2O6S/c1-16-10-12-17(13-11-16)24-32(28,29)19-8-6-7-18(15-19)25-14-5-4-9-20(22(26)30-2)21(25)23(27)31-3/h4-15,24H,1-3H3. The summed E-state index contributed by atoms with van der Waals surface area (Å²) in [5.41, 5.74) is 1.61. The average Bonchev–Trinajstić information content (AvgIpc) is 3.02. The number of benzene rings is 2. The van der Waals surface area contributed by atoms with Gasteiger partial charge < -0.3 is 14.4 Å². The minimum Gasteiger partial charge on any atom is -0.465 e.